The Balaban J connectivity index is 2.08. The Hall–Kier alpha value is -1.42. The molecule has 0 radical (unpaired) electrons. The highest BCUT2D eigenvalue weighted by atomic mass is 35.5. The number of benzene rings is 2. The predicted octanol–water partition coefficient (Wildman–Crippen LogP) is 3.83. The molecule has 0 bridgehead atoms. The molecule has 0 atom stereocenters. The smallest absolute Gasteiger partial charge is 0.124 e. The topological polar surface area (TPSA) is 29.3 Å². The van der Waals surface area contributed by atoms with Crippen molar-refractivity contribution in [3.05, 3.63) is 70.5 Å². The Bertz CT molecular complexity index is 560. The van der Waals surface area contributed by atoms with Crippen LogP contribution >= 0.6 is 11.6 Å². The number of hydrogen-bond acceptors (Lipinski definition) is 2. The maximum absolute atomic E-state index is 13.1. The van der Waals surface area contributed by atoms with Crippen molar-refractivity contribution in [2.75, 3.05) is 13.1 Å². The number of hydrogen-bond donors (Lipinski definition) is 1. The molecule has 0 amide bonds. The maximum Gasteiger partial charge on any atom is 0.124 e. The van der Waals surface area contributed by atoms with E-state index in [1.807, 2.05) is 18.2 Å². The molecule has 0 heterocycles. The Morgan fingerprint density at radius 2 is 1.81 bits per heavy atom. The standard InChI is InChI=1S/C17H20ClFN2/c18-17-11-16(19)8-7-15(17)13-21(10-4-9-20)12-14-5-2-1-3-6-14/h1-3,5-8,11H,4,9-10,12-13,20H2. The van der Waals surface area contributed by atoms with Gasteiger partial charge in [0.1, 0.15) is 5.82 Å². The zero-order valence-corrected chi connectivity index (χ0v) is 12.7. The van der Waals surface area contributed by atoms with Gasteiger partial charge >= 0.3 is 0 Å². The minimum Gasteiger partial charge on any atom is -0.330 e. The van der Waals surface area contributed by atoms with E-state index in [1.165, 1.54) is 17.7 Å². The second kappa shape index (κ2) is 8.13. The van der Waals surface area contributed by atoms with E-state index >= 15 is 0 Å². The number of rotatable bonds is 7. The van der Waals surface area contributed by atoms with Crippen LogP contribution in [-0.4, -0.2) is 18.0 Å². The van der Waals surface area contributed by atoms with Crippen molar-refractivity contribution in [2.24, 2.45) is 5.73 Å². The molecule has 2 N–H and O–H groups in total. The lowest BCUT2D eigenvalue weighted by atomic mass is 10.1. The molecule has 0 saturated heterocycles. The zero-order chi connectivity index (χ0) is 15.1. The summed E-state index contributed by atoms with van der Waals surface area (Å²) in [5.74, 6) is -0.305. The van der Waals surface area contributed by atoms with E-state index in [2.05, 4.69) is 17.0 Å². The van der Waals surface area contributed by atoms with Crippen molar-refractivity contribution < 1.29 is 4.39 Å². The lowest BCUT2D eigenvalue weighted by Crippen LogP contribution is -2.25. The number of nitrogens with zero attached hydrogens (tertiary/aromatic N) is 1. The van der Waals surface area contributed by atoms with Gasteiger partial charge in [0.25, 0.3) is 0 Å². The van der Waals surface area contributed by atoms with E-state index in [1.54, 1.807) is 6.07 Å². The van der Waals surface area contributed by atoms with Gasteiger partial charge in [-0.2, -0.15) is 0 Å². The number of nitrogens with two attached hydrogens (primary N) is 1. The highest BCUT2D eigenvalue weighted by Crippen LogP contribution is 2.20. The Kier molecular flexibility index (Phi) is 6.18. The molecule has 0 saturated carbocycles. The summed E-state index contributed by atoms with van der Waals surface area (Å²) in [6, 6.07) is 14.8. The van der Waals surface area contributed by atoms with Crippen molar-refractivity contribution in [2.45, 2.75) is 19.5 Å². The van der Waals surface area contributed by atoms with Gasteiger partial charge in [0.05, 0.1) is 0 Å². The molecular formula is C17H20ClFN2. The summed E-state index contributed by atoms with van der Waals surface area (Å²) < 4.78 is 13.1. The summed E-state index contributed by atoms with van der Waals surface area (Å²) in [6.07, 6.45) is 0.922. The van der Waals surface area contributed by atoms with E-state index in [0.29, 0.717) is 18.1 Å². The summed E-state index contributed by atoms with van der Waals surface area (Å²) in [6.45, 7) is 3.06. The predicted molar refractivity (Wildman–Crippen MR) is 85.6 cm³/mol. The van der Waals surface area contributed by atoms with Gasteiger partial charge in [0.15, 0.2) is 0 Å². The first-order valence-corrected chi connectivity index (χ1v) is 7.47. The van der Waals surface area contributed by atoms with Crippen LogP contribution in [0.2, 0.25) is 5.02 Å². The second-order valence-electron chi connectivity index (χ2n) is 5.07. The Morgan fingerprint density at radius 1 is 1.05 bits per heavy atom. The molecule has 112 valence electrons. The third kappa shape index (κ3) is 5.12. The quantitative estimate of drug-likeness (QED) is 0.842. The van der Waals surface area contributed by atoms with E-state index in [9.17, 15) is 4.39 Å². The van der Waals surface area contributed by atoms with Crippen LogP contribution in [0.5, 0.6) is 0 Å². The average molecular weight is 307 g/mol. The van der Waals surface area contributed by atoms with Crippen molar-refractivity contribution >= 4 is 11.6 Å². The van der Waals surface area contributed by atoms with Crippen LogP contribution < -0.4 is 5.73 Å². The Morgan fingerprint density at radius 3 is 2.48 bits per heavy atom. The van der Waals surface area contributed by atoms with Gasteiger partial charge in [-0.3, -0.25) is 4.90 Å². The molecule has 0 spiro atoms. The maximum atomic E-state index is 13.1. The lowest BCUT2D eigenvalue weighted by Gasteiger charge is -2.23. The SMILES string of the molecule is NCCCN(Cc1ccccc1)Cc1ccc(F)cc1Cl. The monoisotopic (exact) mass is 306 g/mol. The van der Waals surface area contributed by atoms with Gasteiger partial charge in [-0.1, -0.05) is 48.0 Å². The fraction of sp³-hybridized carbons (Fsp3) is 0.294. The minimum absolute atomic E-state index is 0.305. The van der Waals surface area contributed by atoms with Gasteiger partial charge < -0.3 is 5.73 Å². The van der Waals surface area contributed by atoms with Gasteiger partial charge in [-0.15, -0.1) is 0 Å². The van der Waals surface area contributed by atoms with Gasteiger partial charge in [-0.25, -0.2) is 4.39 Å². The minimum atomic E-state index is -0.305. The summed E-state index contributed by atoms with van der Waals surface area (Å²) in [5.41, 5.74) is 7.79. The molecule has 2 nitrogen and oxygen atoms in total. The third-order valence-corrected chi connectivity index (χ3v) is 3.69. The fourth-order valence-electron chi connectivity index (χ4n) is 2.26. The molecule has 2 aromatic rings. The number of halogens is 2. The second-order valence-corrected chi connectivity index (χ2v) is 5.48. The van der Waals surface area contributed by atoms with E-state index in [0.717, 1.165) is 25.1 Å². The normalized spacial score (nSPS) is 11.0. The van der Waals surface area contributed by atoms with Gasteiger partial charge in [0, 0.05) is 24.7 Å². The summed E-state index contributed by atoms with van der Waals surface area (Å²) in [7, 11) is 0. The molecule has 0 aliphatic carbocycles. The molecule has 2 rings (SSSR count). The van der Waals surface area contributed by atoms with Crippen LogP contribution in [0.1, 0.15) is 17.5 Å². The average Bonchev–Trinajstić information content (AvgIpc) is 2.48. The molecule has 2 aromatic carbocycles. The van der Waals surface area contributed by atoms with Crippen LogP contribution in [0, 0.1) is 5.82 Å². The van der Waals surface area contributed by atoms with Crippen LogP contribution in [0.15, 0.2) is 48.5 Å². The van der Waals surface area contributed by atoms with Crippen molar-refractivity contribution in [1.29, 1.82) is 0 Å². The summed E-state index contributed by atoms with van der Waals surface area (Å²) in [4.78, 5) is 2.28. The van der Waals surface area contributed by atoms with Crippen LogP contribution in [-0.2, 0) is 13.1 Å². The first-order valence-electron chi connectivity index (χ1n) is 7.09. The van der Waals surface area contributed by atoms with Gasteiger partial charge in [-0.05, 0) is 36.2 Å². The van der Waals surface area contributed by atoms with E-state index < -0.39 is 0 Å². The third-order valence-electron chi connectivity index (χ3n) is 3.34. The van der Waals surface area contributed by atoms with Crippen LogP contribution in [0.25, 0.3) is 0 Å². The molecule has 0 fully saturated rings. The highest BCUT2D eigenvalue weighted by molar-refractivity contribution is 6.31. The van der Waals surface area contributed by atoms with E-state index in [4.69, 9.17) is 17.3 Å². The first-order chi connectivity index (χ1) is 10.2. The Labute approximate surface area is 130 Å². The van der Waals surface area contributed by atoms with Crippen molar-refractivity contribution in [3.63, 3.8) is 0 Å². The fourth-order valence-corrected chi connectivity index (χ4v) is 2.49. The lowest BCUT2D eigenvalue weighted by molar-refractivity contribution is 0.255. The molecule has 21 heavy (non-hydrogen) atoms. The molecule has 0 aliphatic rings. The zero-order valence-electron chi connectivity index (χ0n) is 11.9. The largest absolute Gasteiger partial charge is 0.330 e. The highest BCUT2D eigenvalue weighted by Gasteiger charge is 2.10. The molecule has 0 aromatic heterocycles. The van der Waals surface area contributed by atoms with Gasteiger partial charge in [0.2, 0.25) is 0 Å². The van der Waals surface area contributed by atoms with Crippen LogP contribution in [0.4, 0.5) is 4.39 Å². The van der Waals surface area contributed by atoms with E-state index in [-0.39, 0.29) is 5.82 Å². The molecule has 0 unspecified atom stereocenters. The summed E-state index contributed by atoms with van der Waals surface area (Å²) >= 11 is 6.12. The first kappa shape index (κ1) is 16.0. The van der Waals surface area contributed by atoms with Crippen molar-refractivity contribution in [3.8, 4) is 0 Å². The molecule has 0 aliphatic heterocycles. The summed E-state index contributed by atoms with van der Waals surface area (Å²) in [5, 5.41) is 0.473. The van der Waals surface area contributed by atoms with Crippen molar-refractivity contribution in [1.82, 2.24) is 4.90 Å². The molecular weight excluding hydrogens is 287 g/mol. The molecule has 4 heteroatoms. The van der Waals surface area contributed by atoms with Crippen LogP contribution in [0.3, 0.4) is 0 Å².